The fourth-order valence-corrected chi connectivity index (χ4v) is 4.30. The van der Waals surface area contributed by atoms with Crippen LogP contribution in [0.5, 0.6) is 0 Å². The summed E-state index contributed by atoms with van der Waals surface area (Å²) < 4.78 is 19.1. The average Bonchev–Trinajstić information content (AvgIpc) is 2.77. The summed E-state index contributed by atoms with van der Waals surface area (Å²) in [5, 5.41) is 0. The molecule has 3 rings (SSSR count). The Kier molecular flexibility index (Phi) is 3.44. The van der Waals surface area contributed by atoms with Crippen LogP contribution in [-0.4, -0.2) is 18.5 Å². The molecule has 2 fully saturated rings. The highest BCUT2D eigenvalue weighted by Gasteiger charge is 2.61. The van der Waals surface area contributed by atoms with Gasteiger partial charge >= 0.3 is 0 Å². The number of hydrogen-bond donors (Lipinski definition) is 0. The van der Waals surface area contributed by atoms with Gasteiger partial charge in [-0.1, -0.05) is 32.9 Å². The van der Waals surface area contributed by atoms with E-state index >= 15 is 0 Å². The van der Waals surface area contributed by atoms with Crippen LogP contribution in [-0.2, 0) is 4.74 Å². The van der Waals surface area contributed by atoms with Crippen molar-refractivity contribution in [3.05, 3.63) is 35.6 Å². The van der Waals surface area contributed by atoms with Gasteiger partial charge in [-0.3, -0.25) is 4.79 Å². The molecule has 2 saturated carbocycles. The SMILES string of the molecule is CC1(C)C2CCC1(C)C(OCC(=O)c1cccc(F)c1)C2. The molecule has 2 aliphatic rings. The van der Waals surface area contributed by atoms with E-state index in [4.69, 9.17) is 4.74 Å². The summed E-state index contributed by atoms with van der Waals surface area (Å²) >= 11 is 0. The van der Waals surface area contributed by atoms with Crippen LogP contribution >= 0.6 is 0 Å². The molecule has 114 valence electrons. The number of benzene rings is 1. The van der Waals surface area contributed by atoms with Crippen molar-refractivity contribution >= 4 is 5.78 Å². The standard InChI is InChI=1S/C18H23FO2/c1-17(2)13-7-8-18(17,3)16(10-13)21-11-15(20)12-5-4-6-14(19)9-12/h4-6,9,13,16H,7-8,10-11H2,1-3H3. The third-order valence-corrected chi connectivity index (χ3v) is 6.28. The monoisotopic (exact) mass is 290 g/mol. The number of ketones is 1. The van der Waals surface area contributed by atoms with Crippen LogP contribution in [0.1, 0.15) is 50.4 Å². The van der Waals surface area contributed by atoms with Gasteiger partial charge in [-0.05, 0) is 48.1 Å². The van der Waals surface area contributed by atoms with Crippen molar-refractivity contribution in [2.75, 3.05) is 6.61 Å². The molecule has 0 radical (unpaired) electrons. The molecule has 1 aromatic carbocycles. The summed E-state index contributed by atoms with van der Waals surface area (Å²) in [7, 11) is 0. The van der Waals surface area contributed by atoms with E-state index in [9.17, 15) is 9.18 Å². The lowest BCUT2D eigenvalue weighted by atomic mass is 9.70. The van der Waals surface area contributed by atoms with Gasteiger partial charge in [-0.15, -0.1) is 0 Å². The van der Waals surface area contributed by atoms with Crippen LogP contribution in [0.25, 0.3) is 0 Å². The Labute approximate surface area is 125 Å². The second kappa shape index (κ2) is 4.91. The van der Waals surface area contributed by atoms with Gasteiger partial charge in [0.05, 0.1) is 6.10 Å². The second-order valence-electron chi connectivity index (χ2n) is 7.34. The van der Waals surface area contributed by atoms with Crippen LogP contribution in [0, 0.1) is 22.6 Å². The zero-order chi connectivity index (χ0) is 15.3. The second-order valence-corrected chi connectivity index (χ2v) is 7.34. The summed E-state index contributed by atoms with van der Waals surface area (Å²) in [5.41, 5.74) is 0.821. The largest absolute Gasteiger partial charge is 0.369 e. The van der Waals surface area contributed by atoms with Gasteiger partial charge in [0, 0.05) is 5.56 Å². The quantitative estimate of drug-likeness (QED) is 0.775. The molecule has 1 aromatic rings. The van der Waals surface area contributed by atoms with E-state index in [1.54, 1.807) is 12.1 Å². The maximum absolute atomic E-state index is 13.2. The molecule has 2 bridgehead atoms. The van der Waals surface area contributed by atoms with E-state index in [-0.39, 0.29) is 35.1 Å². The van der Waals surface area contributed by atoms with E-state index < -0.39 is 0 Å². The van der Waals surface area contributed by atoms with Crippen molar-refractivity contribution in [2.24, 2.45) is 16.7 Å². The summed E-state index contributed by atoms with van der Waals surface area (Å²) in [5.74, 6) is 0.171. The number of hydrogen-bond acceptors (Lipinski definition) is 2. The highest BCUT2D eigenvalue weighted by Crippen LogP contribution is 2.66. The fourth-order valence-electron chi connectivity index (χ4n) is 4.30. The van der Waals surface area contributed by atoms with E-state index in [1.807, 2.05) is 0 Å². The van der Waals surface area contributed by atoms with Crippen molar-refractivity contribution in [3.8, 4) is 0 Å². The van der Waals surface area contributed by atoms with Gasteiger partial charge in [0.2, 0.25) is 0 Å². The van der Waals surface area contributed by atoms with Gasteiger partial charge in [0.15, 0.2) is 5.78 Å². The molecule has 3 unspecified atom stereocenters. The Hall–Kier alpha value is -1.22. The predicted molar refractivity (Wildman–Crippen MR) is 79.7 cm³/mol. The van der Waals surface area contributed by atoms with Gasteiger partial charge in [0.25, 0.3) is 0 Å². The van der Waals surface area contributed by atoms with Crippen molar-refractivity contribution in [1.29, 1.82) is 0 Å². The Morgan fingerprint density at radius 2 is 2.14 bits per heavy atom. The van der Waals surface area contributed by atoms with E-state index in [0.717, 1.165) is 6.42 Å². The van der Waals surface area contributed by atoms with Gasteiger partial charge in [-0.2, -0.15) is 0 Å². The molecule has 2 aliphatic carbocycles. The van der Waals surface area contributed by atoms with Crippen LogP contribution in [0.4, 0.5) is 4.39 Å². The molecule has 0 N–H and O–H groups in total. The van der Waals surface area contributed by atoms with Crippen LogP contribution in [0.15, 0.2) is 24.3 Å². The molecular weight excluding hydrogens is 267 g/mol. The van der Waals surface area contributed by atoms with Gasteiger partial charge < -0.3 is 4.74 Å². The molecule has 0 amide bonds. The van der Waals surface area contributed by atoms with E-state index in [1.165, 1.54) is 25.0 Å². The minimum atomic E-state index is -0.381. The minimum Gasteiger partial charge on any atom is -0.369 e. The molecule has 3 atom stereocenters. The molecule has 0 aliphatic heterocycles. The first kappa shape index (κ1) is 14.7. The van der Waals surface area contributed by atoms with Gasteiger partial charge in [-0.25, -0.2) is 4.39 Å². The summed E-state index contributed by atoms with van der Waals surface area (Å²) in [6, 6.07) is 5.82. The first-order valence-corrected chi connectivity index (χ1v) is 7.75. The first-order valence-electron chi connectivity index (χ1n) is 7.75. The lowest BCUT2D eigenvalue weighted by Gasteiger charge is -2.38. The summed E-state index contributed by atoms with van der Waals surface area (Å²) in [6.07, 6.45) is 3.62. The molecule has 0 saturated heterocycles. The van der Waals surface area contributed by atoms with Crippen molar-refractivity contribution in [2.45, 2.75) is 46.1 Å². The Balaban J connectivity index is 1.66. The summed E-state index contributed by atoms with van der Waals surface area (Å²) in [4.78, 5) is 12.1. The predicted octanol–water partition coefficient (Wildman–Crippen LogP) is 4.24. The highest BCUT2D eigenvalue weighted by atomic mass is 19.1. The third kappa shape index (κ3) is 2.22. The zero-order valence-corrected chi connectivity index (χ0v) is 13.0. The molecule has 3 heteroatoms. The molecule has 0 aromatic heterocycles. The van der Waals surface area contributed by atoms with Crippen molar-refractivity contribution in [1.82, 2.24) is 0 Å². The maximum atomic E-state index is 13.2. The number of fused-ring (bicyclic) bond motifs is 2. The number of rotatable bonds is 4. The number of carbonyl (C=O) groups excluding carboxylic acids is 1. The van der Waals surface area contributed by atoms with Crippen LogP contribution < -0.4 is 0 Å². The normalized spacial score (nSPS) is 33.3. The molecular formula is C18H23FO2. The molecule has 21 heavy (non-hydrogen) atoms. The summed E-state index contributed by atoms with van der Waals surface area (Å²) in [6.45, 7) is 6.98. The van der Waals surface area contributed by atoms with E-state index in [2.05, 4.69) is 20.8 Å². The Morgan fingerprint density at radius 3 is 2.71 bits per heavy atom. The van der Waals surface area contributed by atoms with Crippen molar-refractivity contribution in [3.63, 3.8) is 0 Å². The molecule has 0 spiro atoms. The number of carbonyl (C=O) groups is 1. The third-order valence-electron chi connectivity index (χ3n) is 6.28. The minimum absolute atomic E-state index is 0.0481. The number of halogens is 1. The van der Waals surface area contributed by atoms with Crippen LogP contribution in [0.2, 0.25) is 0 Å². The van der Waals surface area contributed by atoms with Crippen LogP contribution in [0.3, 0.4) is 0 Å². The maximum Gasteiger partial charge on any atom is 0.188 e. The number of ether oxygens (including phenoxy) is 1. The zero-order valence-electron chi connectivity index (χ0n) is 13.0. The highest BCUT2D eigenvalue weighted by molar-refractivity contribution is 5.97. The fraction of sp³-hybridized carbons (Fsp3) is 0.611. The molecule has 2 nitrogen and oxygen atoms in total. The Morgan fingerprint density at radius 1 is 1.38 bits per heavy atom. The topological polar surface area (TPSA) is 26.3 Å². The number of Topliss-reactive ketones (excluding diaryl/α,β-unsaturated/α-hetero) is 1. The van der Waals surface area contributed by atoms with E-state index in [0.29, 0.717) is 11.5 Å². The Bertz CT molecular complexity index is 566. The molecule has 0 heterocycles. The smallest absolute Gasteiger partial charge is 0.188 e. The average molecular weight is 290 g/mol. The van der Waals surface area contributed by atoms with Gasteiger partial charge in [0.1, 0.15) is 12.4 Å². The van der Waals surface area contributed by atoms with Crippen molar-refractivity contribution < 1.29 is 13.9 Å². The lowest BCUT2D eigenvalue weighted by Crippen LogP contribution is -2.38. The first-order chi connectivity index (χ1) is 9.84. The lowest BCUT2D eigenvalue weighted by molar-refractivity contribution is -0.0390.